The maximum Gasteiger partial charge on any atom is 0.491 e. The number of nitrogens with one attached hydrogen (secondary N) is 1. The van der Waals surface area contributed by atoms with E-state index in [4.69, 9.17) is 10.6 Å². The Bertz CT molecular complexity index is 1560. The maximum absolute atomic E-state index is 13.5. The number of ether oxygens (including phenoxy) is 1. The number of β-lactam (4-membered cyclic amide) rings is 1. The second-order valence-electron chi connectivity index (χ2n) is 11.4. The number of rotatable bonds is 8. The molecule has 3 N–H and O–H groups in total. The molecular weight excluding hydrogens is 653 g/mol. The molecular formula is C28H29F3N6O7S2. The molecule has 0 radical (unpaired) electrons. The number of piperidine rings is 1. The van der Waals surface area contributed by atoms with Crippen LogP contribution in [0.2, 0.25) is 0 Å². The predicted molar refractivity (Wildman–Crippen MR) is 158 cm³/mol. The van der Waals surface area contributed by atoms with E-state index >= 15 is 0 Å². The number of nitrogens with two attached hydrogens (primary N) is 1. The van der Waals surface area contributed by atoms with Crippen molar-refractivity contribution in [2.75, 3.05) is 18.0 Å². The minimum Gasteiger partial charge on any atom is -0.392 e. The largest absolute Gasteiger partial charge is 0.491 e. The van der Waals surface area contributed by atoms with Crippen molar-refractivity contribution in [3.8, 4) is 0 Å². The van der Waals surface area contributed by atoms with Gasteiger partial charge in [-0.2, -0.15) is 13.2 Å². The first-order valence-corrected chi connectivity index (χ1v) is 16.6. The zero-order chi connectivity index (χ0) is 32.7. The van der Waals surface area contributed by atoms with E-state index in [1.807, 2.05) is 0 Å². The van der Waals surface area contributed by atoms with E-state index < -0.39 is 47.0 Å². The first kappa shape index (κ1) is 32.0. The number of oxime groups is 1. The van der Waals surface area contributed by atoms with Crippen molar-refractivity contribution in [2.24, 2.45) is 5.16 Å². The summed E-state index contributed by atoms with van der Waals surface area (Å²) in [4.78, 5) is 76.9. The molecule has 5 aliphatic rings. The van der Waals surface area contributed by atoms with Gasteiger partial charge in [0.1, 0.15) is 28.9 Å². The molecule has 4 heterocycles. The Morgan fingerprint density at radius 2 is 1.87 bits per heavy atom. The van der Waals surface area contributed by atoms with Gasteiger partial charge in [-0.1, -0.05) is 5.16 Å². The number of allylic oxidation sites excluding steroid dienone is 1. The lowest BCUT2D eigenvalue weighted by Crippen LogP contribution is -2.71. The summed E-state index contributed by atoms with van der Waals surface area (Å²) in [7, 11) is 0. The van der Waals surface area contributed by atoms with E-state index in [9.17, 15) is 37.1 Å². The monoisotopic (exact) mass is 682 g/mol. The highest BCUT2D eigenvalue weighted by Crippen LogP contribution is 2.42. The third kappa shape index (κ3) is 6.49. The van der Waals surface area contributed by atoms with Gasteiger partial charge in [0.25, 0.3) is 11.8 Å². The van der Waals surface area contributed by atoms with Crippen LogP contribution in [0.1, 0.15) is 57.1 Å². The summed E-state index contributed by atoms with van der Waals surface area (Å²) < 4.78 is 43.1. The molecule has 0 bridgehead atoms. The molecule has 0 spiro atoms. The van der Waals surface area contributed by atoms with Gasteiger partial charge in [0, 0.05) is 29.3 Å². The SMILES string of the molecule is Nc1nc(/C(=N/OC2CCCC2)C(=O)N[C@@H]2C(=O)N3C(C(=O)OC(=O)C(F)(F)F)=C(/C=C4/CCCN(C5CC5)C4=O)CS[C@H]23)cs1. The molecule has 1 aromatic heterocycles. The second-order valence-corrected chi connectivity index (χ2v) is 13.4. The number of anilines is 1. The Morgan fingerprint density at radius 1 is 1.13 bits per heavy atom. The Hall–Kier alpha value is -3.93. The van der Waals surface area contributed by atoms with Gasteiger partial charge in [0.2, 0.25) is 5.91 Å². The van der Waals surface area contributed by atoms with Gasteiger partial charge >= 0.3 is 18.1 Å². The smallest absolute Gasteiger partial charge is 0.392 e. The fourth-order valence-electron chi connectivity index (χ4n) is 5.78. The molecule has 2 aliphatic carbocycles. The summed E-state index contributed by atoms with van der Waals surface area (Å²) in [5.74, 6) is -6.37. The lowest BCUT2D eigenvalue weighted by atomic mass is 9.98. The Balaban J connectivity index is 1.26. The number of aromatic nitrogens is 1. The van der Waals surface area contributed by atoms with Crippen molar-refractivity contribution in [1.82, 2.24) is 20.1 Å². The van der Waals surface area contributed by atoms with Crippen LogP contribution in [0.3, 0.4) is 0 Å². The van der Waals surface area contributed by atoms with E-state index in [-0.39, 0.29) is 45.9 Å². The molecule has 0 unspecified atom stereocenters. The number of thioether (sulfide) groups is 1. The topological polar surface area (TPSA) is 174 Å². The minimum atomic E-state index is -5.47. The van der Waals surface area contributed by atoms with Crippen LogP contribution in [0, 0.1) is 0 Å². The lowest BCUT2D eigenvalue weighted by Gasteiger charge is -2.49. The summed E-state index contributed by atoms with van der Waals surface area (Å²) >= 11 is 2.19. The number of fused-ring (bicyclic) bond motifs is 1. The zero-order valence-corrected chi connectivity index (χ0v) is 25.8. The first-order chi connectivity index (χ1) is 21.9. The highest BCUT2D eigenvalue weighted by Gasteiger charge is 2.55. The number of likely N-dealkylation sites (tertiary alicyclic amines) is 1. The van der Waals surface area contributed by atoms with Gasteiger partial charge in [-0.25, -0.2) is 14.6 Å². The third-order valence-electron chi connectivity index (χ3n) is 8.19. The number of halogens is 3. The molecule has 246 valence electrons. The van der Waals surface area contributed by atoms with Crippen LogP contribution in [-0.4, -0.2) is 92.2 Å². The van der Waals surface area contributed by atoms with Gasteiger partial charge in [-0.3, -0.25) is 19.3 Å². The Kier molecular flexibility index (Phi) is 8.84. The van der Waals surface area contributed by atoms with Crippen molar-refractivity contribution < 1.29 is 46.7 Å². The summed E-state index contributed by atoms with van der Waals surface area (Å²) in [6, 6.07) is -1.09. The molecule has 3 aliphatic heterocycles. The van der Waals surface area contributed by atoms with Crippen molar-refractivity contribution in [2.45, 2.75) is 81.1 Å². The van der Waals surface area contributed by atoms with Crippen molar-refractivity contribution in [3.63, 3.8) is 0 Å². The molecule has 2 atom stereocenters. The number of amides is 3. The molecule has 2 saturated carbocycles. The summed E-state index contributed by atoms with van der Waals surface area (Å²) in [5, 5.41) is 7.32. The van der Waals surface area contributed by atoms with Gasteiger partial charge in [0.05, 0.1) is 0 Å². The number of nitrogen functional groups attached to an aromatic ring is 1. The van der Waals surface area contributed by atoms with Crippen LogP contribution in [0.4, 0.5) is 18.3 Å². The molecule has 46 heavy (non-hydrogen) atoms. The highest BCUT2D eigenvalue weighted by atomic mass is 32.2. The molecule has 6 rings (SSSR count). The quantitative estimate of drug-likeness (QED) is 0.104. The van der Waals surface area contributed by atoms with E-state index in [0.29, 0.717) is 25.0 Å². The van der Waals surface area contributed by atoms with E-state index in [1.54, 1.807) is 4.90 Å². The molecule has 1 aromatic rings. The van der Waals surface area contributed by atoms with Gasteiger partial charge in [0.15, 0.2) is 10.8 Å². The summed E-state index contributed by atoms with van der Waals surface area (Å²) in [6.45, 7) is 0.572. The molecule has 18 heteroatoms. The predicted octanol–water partition coefficient (Wildman–Crippen LogP) is 2.39. The van der Waals surface area contributed by atoms with Crippen molar-refractivity contribution in [3.05, 3.63) is 34.0 Å². The zero-order valence-electron chi connectivity index (χ0n) is 24.2. The van der Waals surface area contributed by atoms with E-state index in [2.05, 4.69) is 20.2 Å². The Labute approximate surface area is 268 Å². The standard InChI is InChI=1S/C28H29F3N6O7S2/c29-28(30,31)26(42)43-25(41)20-14(10-13-4-3-9-36(22(13)39)15-7-8-15)11-45-24-19(23(40)37(20)24)34-21(38)18(17-12-46-27(32)33-17)35-44-16-5-1-2-6-16/h10,12,15-16,19,24H,1-9,11H2,(H2,32,33)(H,34,38)/b13-10-,35-18-/t19-,24-/m1/s1. The molecule has 2 saturated heterocycles. The third-order valence-corrected chi connectivity index (χ3v) is 10.2. The van der Waals surface area contributed by atoms with Crippen LogP contribution in [-0.2, 0) is 33.5 Å². The van der Waals surface area contributed by atoms with E-state index in [1.165, 1.54) is 11.5 Å². The van der Waals surface area contributed by atoms with Gasteiger partial charge < -0.3 is 25.5 Å². The normalized spacial score (nSPS) is 25.0. The van der Waals surface area contributed by atoms with Gasteiger partial charge in [-0.15, -0.1) is 23.1 Å². The van der Waals surface area contributed by atoms with Crippen LogP contribution >= 0.6 is 23.1 Å². The molecule has 4 fully saturated rings. The van der Waals surface area contributed by atoms with Crippen LogP contribution in [0.25, 0.3) is 0 Å². The first-order valence-electron chi connectivity index (χ1n) is 14.7. The highest BCUT2D eigenvalue weighted by molar-refractivity contribution is 8.00. The summed E-state index contributed by atoms with van der Waals surface area (Å²) in [6.07, 6.45) is 1.94. The average molecular weight is 683 g/mol. The fraction of sp³-hybridized carbons (Fsp3) is 0.536. The van der Waals surface area contributed by atoms with Crippen molar-refractivity contribution >= 4 is 63.6 Å². The van der Waals surface area contributed by atoms with Crippen LogP contribution in [0.15, 0.2) is 33.5 Å². The number of hydrogen-bond donors (Lipinski definition) is 2. The van der Waals surface area contributed by atoms with E-state index in [0.717, 1.165) is 66.5 Å². The lowest BCUT2D eigenvalue weighted by molar-refractivity contribution is -0.201. The number of esters is 2. The number of hydrogen-bond acceptors (Lipinski definition) is 12. The number of alkyl halides is 3. The van der Waals surface area contributed by atoms with Crippen LogP contribution in [0.5, 0.6) is 0 Å². The average Bonchev–Trinajstić information content (AvgIpc) is 3.54. The molecule has 13 nitrogen and oxygen atoms in total. The minimum absolute atomic E-state index is 0.0278. The van der Waals surface area contributed by atoms with Crippen molar-refractivity contribution in [1.29, 1.82) is 0 Å². The number of thiazole rings is 1. The van der Waals surface area contributed by atoms with Crippen LogP contribution < -0.4 is 11.1 Å². The molecule has 0 aromatic carbocycles. The van der Waals surface area contributed by atoms with Gasteiger partial charge in [-0.05, 0) is 63.0 Å². The Morgan fingerprint density at radius 3 is 2.52 bits per heavy atom. The number of carbonyl (C=O) groups excluding carboxylic acids is 5. The molecule has 3 amide bonds. The number of nitrogens with zero attached hydrogens (tertiary/aromatic N) is 4. The fourth-order valence-corrected chi connectivity index (χ4v) is 7.63. The second kappa shape index (κ2) is 12.7. The number of carbonyl (C=O) groups is 5. The summed E-state index contributed by atoms with van der Waals surface area (Å²) in [5.41, 5.74) is 5.45. The maximum atomic E-state index is 13.5.